The van der Waals surface area contributed by atoms with Gasteiger partial charge in [0.25, 0.3) is 0 Å². The van der Waals surface area contributed by atoms with Crippen LogP contribution in [0.4, 0.5) is 0 Å². The van der Waals surface area contributed by atoms with E-state index in [1.54, 1.807) is 0 Å². The molecule has 1 aromatic rings. The first kappa shape index (κ1) is 15.7. The van der Waals surface area contributed by atoms with E-state index < -0.39 is 0 Å². The van der Waals surface area contributed by atoms with Crippen molar-refractivity contribution in [1.82, 2.24) is 5.32 Å². The highest BCUT2D eigenvalue weighted by atomic mass is 32.1. The molecule has 104 valence electrons. The summed E-state index contributed by atoms with van der Waals surface area (Å²) in [6, 6.07) is 2.21. The van der Waals surface area contributed by atoms with E-state index in [2.05, 4.69) is 51.4 Å². The zero-order valence-corrected chi connectivity index (χ0v) is 13.3. The van der Waals surface area contributed by atoms with Gasteiger partial charge in [-0.05, 0) is 42.3 Å². The summed E-state index contributed by atoms with van der Waals surface area (Å²) in [6.07, 6.45) is 1.07. The van der Waals surface area contributed by atoms with Crippen molar-refractivity contribution in [3.8, 4) is 0 Å². The Morgan fingerprint density at radius 2 is 1.89 bits per heavy atom. The highest BCUT2D eigenvalue weighted by molar-refractivity contribution is 7.10. The van der Waals surface area contributed by atoms with Crippen molar-refractivity contribution >= 4 is 11.3 Å². The van der Waals surface area contributed by atoms with Gasteiger partial charge < -0.3 is 11.1 Å². The standard InChI is InChI=1S/C15H28N2S/c1-12-6-9-18-13(12)15(4,5)11-17-10-14(2,3)7-8-16/h6,9,17H,7-8,10-11,16H2,1-5H3. The van der Waals surface area contributed by atoms with E-state index in [-0.39, 0.29) is 10.8 Å². The Morgan fingerprint density at radius 3 is 2.39 bits per heavy atom. The third kappa shape index (κ3) is 4.38. The van der Waals surface area contributed by atoms with Crippen LogP contribution in [0.2, 0.25) is 0 Å². The van der Waals surface area contributed by atoms with Crippen LogP contribution >= 0.6 is 11.3 Å². The van der Waals surface area contributed by atoms with Crippen LogP contribution in [0.15, 0.2) is 11.4 Å². The molecule has 1 aromatic heterocycles. The van der Waals surface area contributed by atoms with Crippen molar-refractivity contribution in [1.29, 1.82) is 0 Å². The van der Waals surface area contributed by atoms with E-state index in [0.717, 1.165) is 26.1 Å². The van der Waals surface area contributed by atoms with Crippen LogP contribution in [0.3, 0.4) is 0 Å². The predicted molar refractivity (Wildman–Crippen MR) is 82.4 cm³/mol. The number of thiophene rings is 1. The summed E-state index contributed by atoms with van der Waals surface area (Å²) in [7, 11) is 0. The van der Waals surface area contributed by atoms with Crippen molar-refractivity contribution in [3.05, 3.63) is 21.9 Å². The van der Waals surface area contributed by atoms with Gasteiger partial charge in [0, 0.05) is 23.4 Å². The molecule has 18 heavy (non-hydrogen) atoms. The summed E-state index contributed by atoms with van der Waals surface area (Å²) in [5.41, 5.74) is 7.55. The summed E-state index contributed by atoms with van der Waals surface area (Å²) in [4.78, 5) is 1.49. The van der Waals surface area contributed by atoms with Gasteiger partial charge in [0.2, 0.25) is 0 Å². The van der Waals surface area contributed by atoms with Crippen LogP contribution in [0.25, 0.3) is 0 Å². The highest BCUT2D eigenvalue weighted by Crippen LogP contribution is 2.30. The molecule has 0 bridgehead atoms. The molecule has 0 saturated heterocycles. The maximum Gasteiger partial charge on any atom is 0.0143 e. The Bertz CT molecular complexity index is 366. The molecular formula is C15H28N2S. The van der Waals surface area contributed by atoms with Gasteiger partial charge in [-0.2, -0.15) is 0 Å². The molecule has 0 unspecified atom stereocenters. The maximum absolute atomic E-state index is 5.64. The van der Waals surface area contributed by atoms with Crippen LogP contribution in [-0.2, 0) is 5.41 Å². The predicted octanol–water partition coefficient (Wildman–Crippen LogP) is 3.30. The van der Waals surface area contributed by atoms with Gasteiger partial charge >= 0.3 is 0 Å². The molecule has 1 rings (SSSR count). The zero-order chi connectivity index (χ0) is 13.8. The number of hydrogen-bond acceptors (Lipinski definition) is 3. The smallest absolute Gasteiger partial charge is 0.0143 e. The maximum atomic E-state index is 5.64. The number of hydrogen-bond donors (Lipinski definition) is 2. The van der Waals surface area contributed by atoms with Crippen molar-refractivity contribution in [3.63, 3.8) is 0 Å². The second-order valence-electron chi connectivity index (χ2n) is 6.62. The molecule has 1 heterocycles. The lowest BCUT2D eigenvalue weighted by atomic mass is 9.86. The minimum absolute atomic E-state index is 0.205. The quantitative estimate of drug-likeness (QED) is 0.796. The largest absolute Gasteiger partial charge is 0.330 e. The van der Waals surface area contributed by atoms with Gasteiger partial charge in [-0.15, -0.1) is 11.3 Å². The average molecular weight is 268 g/mol. The molecule has 0 spiro atoms. The van der Waals surface area contributed by atoms with E-state index in [1.165, 1.54) is 10.4 Å². The number of nitrogens with two attached hydrogens (primary N) is 1. The lowest BCUT2D eigenvalue weighted by Gasteiger charge is -2.29. The Labute approximate surface area is 116 Å². The Balaban J connectivity index is 2.51. The first-order valence-electron chi connectivity index (χ1n) is 6.74. The second kappa shape index (κ2) is 6.18. The van der Waals surface area contributed by atoms with Crippen LogP contribution < -0.4 is 11.1 Å². The molecule has 0 amide bonds. The number of aryl methyl sites for hydroxylation is 1. The Hall–Kier alpha value is -0.380. The fourth-order valence-corrected chi connectivity index (χ4v) is 3.39. The summed E-state index contributed by atoms with van der Waals surface area (Å²) >= 11 is 1.86. The second-order valence-corrected chi connectivity index (χ2v) is 7.54. The Kier molecular flexibility index (Phi) is 5.38. The molecule has 3 N–H and O–H groups in total. The summed E-state index contributed by atoms with van der Waals surface area (Å²) in [5.74, 6) is 0. The van der Waals surface area contributed by atoms with Gasteiger partial charge in [0.15, 0.2) is 0 Å². The van der Waals surface area contributed by atoms with Crippen LogP contribution in [0.5, 0.6) is 0 Å². The van der Waals surface area contributed by atoms with Crippen LogP contribution in [0.1, 0.15) is 44.6 Å². The van der Waals surface area contributed by atoms with Crippen molar-refractivity contribution in [2.24, 2.45) is 11.1 Å². The number of nitrogens with one attached hydrogen (secondary N) is 1. The summed E-state index contributed by atoms with van der Waals surface area (Å²) in [5, 5.41) is 5.80. The normalized spacial score (nSPS) is 13.0. The topological polar surface area (TPSA) is 38.0 Å². The molecule has 0 aromatic carbocycles. The molecule has 0 aliphatic carbocycles. The fourth-order valence-electron chi connectivity index (χ4n) is 2.34. The fraction of sp³-hybridized carbons (Fsp3) is 0.733. The minimum atomic E-state index is 0.205. The molecule has 0 atom stereocenters. The summed E-state index contributed by atoms with van der Waals surface area (Å²) in [6.45, 7) is 14.2. The van der Waals surface area contributed by atoms with E-state index >= 15 is 0 Å². The zero-order valence-electron chi connectivity index (χ0n) is 12.5. The molecule has 3 heteroatoms. The van der Waals surface area contributed by atoms with Gasteiger partial charge in [-0.1, -0.05) is 27.7 Å². The Morgan fingerprint density at radius 1 is 1.22 bits per heavy atom. The molecule has 0 aliphatic heterocycles. The number of rotatable bonds is 7. The highest BCUT2D eigenvalue weighted by Gasteiger charge is 2.25. The molecule has 0 aliphatic rings. The minimum Gasteiger partial charge on any atom is -0.330 e. The van der Waals surface area contributed by atoms with E-state index in [4.69, 9.17) is 5.73 Å². The molecule has 0 saturated carbocycles. The van der Waals surface area contributed by atoms with Crippen molar-refractivity contribution < 1.29 is 0 Å². The summed E-state index contributed by atoms with van der Waals surface area (Å²) < 4.78 is 0. The van der Waals surface area contributed by atoms with Gasteiger partial charge in [-0.25, -0.2) is 0 Å². The van der Waals surface area contributed by atoms with Crippen LogP contribution in [0, 0.1) is 12.3 Å². The molecule has 2 nitrogen and oxygen atoms in total. The first-order chi connectivity index (χ1) is 8.28. The lowest BCUT2D eigenvalue weighted by molar-refractivity contribution is 0.306. The average Bonchev–Trinajstić information content (AvgIpc) is 2.64. The van der Waals surface area contributed by atoms with Gasteiger partial charge in [0.1, 0.15) is 0 Å². The van der Waals surface area contributed by atoms with Crippen LogP contribution in [-0.4, -0.2) is 19.6 Å². The van der Waals surface area contributed by atoms with Gasteiger partial charge in [-0.3, -0.25) is 0 Å². The van der Waals surface area contributed by atoms with E-state index in [9.17, 15) is 0 Å². The monoisotopic (exact) mass is 268 g/mol. The van der Waals surface area contributed by atoms with Gasteiger partial charge in [0.05, 0.1) is 0 Å². The van der Waals surface area contributed by atoms with E-state index in [1.807, 2.05) is 11.3 Å². The third-order valence-electron chi connectivity index (χ3n) is 3.47. The molecule has 0 fully saturated rings. The first-order valence-corrected chi connectivity index (χ1v) is 7.62. The molecule has 0 radical (unpaired) electrons. The lowest BCUT2D eigenvalue weighted by Crippen LogP contribution is -2.38. The van der Waals surface area contributed by atoms with Crippen molar-refractivity contribution in [2.75, 3.05) is 19.6 Å². The molecular weight excluding hydrogens is 240 g/mol. The van der Waals surface area contributed by atoms with E-state index in [0.29, 0.717) is 0 Å². The SMILES string of the molecule is Cc1ccsc1C(C)(C)CNCC(C)(C)CCN. The van der Waals surface area contributed by atoms with Crippen molar-refractivity contribution in [2.45, 2.75) is 46.5 Å². The third-order valence-corrected chi connectivity index (χ3v) is 4.85.